The Labute approximate surface area is 121 Å². The van der Waals surface area contributed by atoms with Gasteiger partial charge in [0.25, 0.3) is 5.82 Å². The molecule has 0 bridgehead atoms. The number of rotatable bonds is 3. The van der Waals surface area contributed by atoms with Gasteiger partial charge in [0.15, 0.2) is 5.52 Å². The molecule has 2 aromatic heterocycles. The molecular formula is C11H7N5O4S. The SMILES string of the molecule is COC(=O)c1ncn(-c2ccc3scnc3c2[N+](=O)[O-])n1. The minimum atomic E-state index is -0.717. The lowest BCUT2D eigenvalue weighted by Crippen LogP contribution is -2.06. The summed E-state index contributed by atoms with van der Waals surface area (Å²) in [5.41, 5.74) is 1.80. The van der Waals surface area contributed by atoms with Crippen LogP contribution in [0.2, 0.25) is 0 Å². The van der Waals surface area contributed by atoms with Crippen molar-refractivity contribution < 1.29 is 14.5 Å². The minimum absolute atomic E-state index is 0.176. The van der Waals surface area contributed by atoms with Gasteiger partial charge in [0.05, 0.1) is 22.2 Å². The van der Waals surface area contributed by atoms with Crippen LogP contribution in [0.1, 0.15) is 10.6 Å². The van der Waals surface area contributed by atoms with Crippen molar-refractivity contribution in [2.24, 2.45) is 0 Å². The van der Waals surface area contributed by atoms with Crippen molar-refractivity contribution >= 4 is 33.2 Å². The lowest BCUT2D eigenvalue weighted by Gasteiger charge is -2.02. The van der Waals surface area contributed by atoms with E-state index >= 15 is 0 Å². The maximum absolute atomic E-state index is 11.3. The number of hydrogen-bond donors (Lipinski definition) is 0. The first kappa shape index (κ1) is 13.1. The van der Waals surface area contributed by atoms with E-state index in [1.54, 1.807) is 6.07 Å². The van der Waals surface area contributed by atoms with Crippen molar-refractivity contribution in [3.05, 3.63) is 39.9 Å². The van der Waals surface area contributed by atoms with Crippen LogP contribution in [0.15, 0.2) is 24.0 Å². The first-order valence-electron chi connectivity index (χ1n) is 5.62. The molecule has 0 radical (unpaired) electrons. The summed E-state index contributed by atoms with van der Waals surface area (Å²) < 4.78 is 6.35. The summed E-state index contributed by atoms with van der Waals surface area (Å²) in [7, 11) is 1.20. The van der Waals surface area contributed by atoms with Gasteiger partial charge in [-0.2, -0.15) is 0 Å². The standard InChI is InChI=1S/C11H7N5O4S/c1-20-11(17)10-12-4-15(14-10)6-2-3-7-8(13-5-21-7)9(6)16(18)19/h2-5H,1H3. The number of nitro benzene ring substituents is 1. The van der Waals surface area contributed by atoms with Gasteiger partial charge in [-0.3, -0.25) is 10.1 Å². The third-order valence-corrected chi connectivity index (χ3v) is 3.54. The highest BCUT2D eigenvalue weighted by Crippen LogP contribution is 2.32. The molecular weight excluding hydrogens is 298 g/mol. The van der Waals surface area contributed by atoms with E-state index < -0.39 is 10.9 Å². The Kier molecular flexibility index (Phi) is 3.06. The van der Waals surface area contributed by atoms with E-state index in [9.17, 15) is 14.9 Å². The second kappa shape index (κ2) is 4.90. The summed E-state index contributed by atoms with van der Waals surface area (Å²) in [4.78, 5) is 29.9. The third kappa shape index (κ3) is 2.10. The summed E-state index contributed by atoms with van der Waals surface area (Å²) in [6, 6.07) is 3.24. The van der Waals surface area contributed by atoms with Crippen LogP contribution in [0.5, 0.6) is 0 Å². The number of esters is 1. The highest BCUT2D eigenvalue weighted by Gasteiger charge is 2.23. The van der Waals surface area contributed by atoms with Crippen LogP contribution in [0.25, 0.3) is 15.9 Å². The van der Waals surface area contributed by atoms with Crippen molar-refractivity contribution in [3.63, 3.8) is 0 Å². The summed E-state index contributed by atoms with van der Waals surface area (Å²) >= 11 is 1.30. The quantitative estimate of drug-likeness (QED) is 0.410. The Morgan fingerprint density at radius 2 is 2.24 bits per heavy atom. The van der Waals surface area contributed by atoms with Crippen molar-refractivity contribution in [3.8, 4) is 5.69 Å². The highest BCUT2D eigenvalue weighted by atomic mass is 32.1. The van der Waals surface area contributed by atoms with Gasteiger partial charge >= 0.3 is 11.7 Å². The van der Waals surface area contributed by atoms with E-state index in [2.05, 4.69) is 19.8 Å². The highest BCUT2D eigenvalue weighted by molar-refractivity contribution is 7.16. The number of nitrogens with zero attached hydrogens (tertiary/aromatic N) is 5. The number of aromatic nitrogens is 4. The third-order valence-electron chi connectivity index (χ3n) is 2.74. The zero-order valence-corrected chi connectivity index (χ0v) is 11.4. The molecule has 0 saturated heterocycles. The number of hydrogen-bond acceptors (Lipinski definition) is 8. The van der Waals surface area contributed by atoms with E-state index in [1.807, 2.05) is 0 Å². The number of carbonyl (C=O) groups is 1. The number of benzene rings is 1. The van der Waals surface area contributed by atoms with Crippen molar-refractivity contribution in [2.75, 3.05) is 7.11 Å². The van der Waals surface area contributed by atoms with Crippen molar-refractivity contribution in [2.45, 2.75) is 0 Å². The maximum Gasteiger partial charge on any atom is 0.377 e. The van der Waals surface area contributed by atoms with Crippen LogP contribution < -0.4 is 0 Å². The van der Waals surface area contributed by atoms with E-state index in [4.69, 9.17) is 0 Å². The number of fused-ring (bicyclic) bond motifs is 1. The number of ether oxygens (including phenoxy) is 1. The first-order chi connectivity index (χ1) is 10.1. The number of carbonyl (C=O) groups excluding carboxylic acids is 1. The first-order valence-corrected chi connectivity index (χ1v) is 6.50. The van der Waals surface area contributed by atoms with Crippen LogP contribution in [-0.2, 0) is 4.74 Å². The van der Waals surface area contributed by atoms with Crippen LogP contribution in [-0.4, -0.2) is 37.8 Å². The van der Waals surface area contributed by atoms with Gasteiger partial charge in [-0.15, -0.1) is 16.4 Å². The van der Waals surface area contributed by atoms with Gasteiger partial charge in [0, 0.05) is 0 Å². The van der Waals surface area contributed by atoms with Gasteiger partial charge < -0.3 is 4.74 Å². The van der Waals surface area contributed by atoms with Crippen LogP contribution >= 0.6 is 11.3 Å². The fourth-order valence-electron chi connectivity index (χ4n) is 1.84. The summed E-state index contributed by atoms with van der Waals surface area (Å²) in [5.74, 6) is -0.892. The zero-order chi connectivity index (χ0) is 15.0. The maximum atomic E-state index is 11.3. The molecule has 0 aliphatic heterocycles. The minimum Gasteiger partial charge on any atom is -0.463 e. The molecule has 0 spiro atoms. The summed E-state index contributed by atoms with van der Waals surface area (Å²) in [6.07, 6.45) is 1.22. The Bertz CT molecular complexity index is 855. The predicted octanol–water partition coefficient (Wildman–Crippen LogP) is 1.57. The lowest BCUT2D eigenvalue weighted by molar-refractivity contribution is -0.383. The molecule has 10 heteroatoms. The Hall–Kier alpha value is -2.88. The van der Waals surface area contributed by atoms with Crippen LogP contribution in [0.4, 0.5) is 5.69 Å². The van der Waals surface area contributed by atoms with Crippen LogP contribution in [0.3, 0.4) is 0 Å². The molecule has 2 heterocycles. The molecule has 0 fully saturated rings. The lowest BCUT2D eigenvalue weighted by atomic mass is 10.2. The van der Waals surface area contributed by atoms with Crippen molar-refractivity contribution in [1.82, 2.24) is 19.7 Å². The van der Waals surface area contributed by atoms with E-state index in [1.165, 1.54) is 36.4 Å². The largest absolute Gasteiger partial charge is 0.463 e. The predicted molar refractivity (Wildman–Crippen MR) is 72.5 cm³/mol. The molecule has 21 heavy (non-hydrogen) atoms. The average Bonchev–Trinajstić information content (AvgIpc) is 3.13. The topological polar surface area (TPSA) is 113 Å². The smallest absolute Gasteiger partial charge is 0.377 e. The molecule has 3 aromatic rings. The molecule has 3 rings (SSSR count). The van der Waals surface area contributed by atoms with Gasteiger partial charge in [-0.05, 0) is 12.1 Å². The van der Waals surface area contributed by atoms with Gasteiger partial charge in [-0.1, -0.05) is 0 Å². The van der Waals surface area contributed by atoms with Crippen molar-refractivity contribution in [1.29, 1.82) is 0 Å². The number of thiazole rings is 1. The molecule has 0 unspecified atom stereocenters. The van der Waals surface area contributed by atoms with E-state index in [-0.39, 0.29) is 22.7 Å². The fourth-order valence-corrected chi connectivity index (χ4v) is 2.51. The number of methoxy groups -OCH3 is 1. The second-order valence-corrected chi connectivity index (χ2v) is 4.78. The van der Waals surface area contributed by atoms with E-state index in [0.717, 1.165) is 4.68 Å². The molecule has 9 nitrogen and oxygen atoms in total. The van der Waals surface area contributed by atoms with E-state index in [0.29, 0.717) is 4.70 Å². The molecule has 0 N–H and O–H groups in total. The second-order valence-electron chi connectivity index (χ2n) is 3.89. The monoisotopic (exact) mass is 305 g/mol. The summed E-state index contributed by atoms with van der Waals surface area (Å²) in [6.45, 7) is 0. The molecule has 0 aliphatic rings. The molecule has 0 aliphatic carbocycles. The molecule has 106 valence electrons. The Morgan fingerprint density at radius 3 is 2.95 bits per heavy atom. The zero-order valence-electron chi connectivity index (χ0n) is 10.6. The normalized spacial score (nSPS) is 10.7. The molecule has 0 amide bonds. The number of nitro groups is 1. The van der Waals surface area contributed by atoms with Crippen LogP contribution in [0, 0.1) is 10.1 Å². The van der Waals surface area contributed by atoms with Gasteiger partial charge in [-0.25, -0.2) is 19.4 Å². The van der Waals surface area contributed by atoms with Gasteiger partial charge in [0.2, 0.25) is 0 Å². The molecule has 1 aromatic carbocycles. The molecule has 0 atom stereocenters. The van der Waals surface area contributed by atoms with Gasteiger partial charge in [0.1, 0.15) is 12.0 Å². The summed E-state index contributed by atoms with van der Waals surface area (Å²) in [5, 5.41) is 15.2. The Balaban J connectivity index is 2.20. The Morgan fingerprint density at radius 1 is 1.43 bits per heavy atom. The molecule has 0 saturated carbocycles. The average molecular weight is 305 g/mol. The fraction of sp³-hybridized carbons (Fsp3) is 0.0909.